The highest BCUT2D eigenvalue weighted by Crippen LogP contribution is 2.29. The number of imidazole rings is 1. The van der Waals surface area contributed by atoms with E-state index in [9.17, 15) is 26.4 Å². The zero-order valence-corrected chi connectivity index (χ0v) is 23.7. The van der Waals surface area contributed by atoms with Gasteiger partial charge in [0.1, 0.15) is 23.2 Å². The first kappa shape index (κ1) is 30.2. The number of carbonyl (C=O) groups excluding carboxylic acids is 1. The lowest BCUT2D eigenvalue weighted by Crippen LogP contribution is -2.50. The minimum absolute atomic E-state index is 0.0144. The summed E-state index contributed by atoms with van der Waals surface area (Å²) in [5, 5.41) is 5.87. The topological polar surface area (TPSA) is 114 Å². The number of sulfone groups is 1. The summed E-state index contributed by atoms with van der Waals surface area (Å²) in [4.78, 5) is 18.9. The number of hydrogen-bond donors (Lipinski definition) is 2. The molecule has 0 saturated carbocycles. The number of fused-ring (bicyclic) bond motifs is 1. The Morgan fingerprint density at radius 1 is 1.29 bits per heavy atom. The molecule has 1 unspecified atom stereocenters. The number of alkyl halides is 3. The molecule has 0 aliphatic carbocycles. The van der Waals surface area contributed by atoms with Crippen LogP contribution in [0.4, 0.5) is 18.9 Å². The van der Waals surface area contributed by atoms with Crippen molar-refractivity contribution in [3.8, 4) is 17.6 Å². The molecule has 1 aromatic carbocycles. The number of morpholine rings is 1. The lowest BCUT2D eigenvalue weighted by Gasteiger charge is -2.31. The third-order valence-corrected chi connectivity index (χ3v) is 7.41. The van der Waals surface area contributed by atoms with Crippen LogP contribution in [-0.2, 0) is 25.8 Å². The maximum Gasteiger partial charge on any atom is 0.394 e. The molecule has 1 amide bonds. The molecule has 0 bridgehead atoms. The largest absolute Gasteiger partial charge is 0.495 e. The molecule has 3 heterocycles. The molecule has 1 fully saturated rings. The summed E-state index contributed by atoms with van der Waals surface area (Å²) in [6.07, 6.45) is -3.87. The molecule has 2 aromatic heterocycles. The molecule has 0 radical (unpaired) electrons. The minimum atomic E-state index is -4.52. The number of nitrogens with zero attached hydrogens (tertiary/aromatic N) is 3. The van der Waals surface area contributed by atoms with E-state index >= 15 is 0 Å². The molecule has 3 aromatic rings. The van der Waals surface area contributed by atoms with E-state index in [-0.39, 0.29) is 46.7 Å². The van der Waals surface area contributed by atoms with Gasteiger partial charge < -0.3 is 29.4 Å². The van der Waals surface area contributed by atoms with E-state index in [1.807, 2.05) is 19.0 Å². The van der Waals surface area contributed by atoms with Crippen LogP contribution in [-0.4, -0.2) is 88.0 Å². The maximum absolute atomic E-state index is 13.6. The number of pyridine rings is 1. The number of amides is 1. The Labute approximate surface area is 235 Å². The van der Waals surface area contributed by atoms with Gasteiger partial charge >= 0.3 is 6.18 Å². The fourth-order valence-corrected chi connectivity index (χ4v) is 5.05. The van der Waals surface area contributed by atoms with Gasteiger partial charge in [0, 0.05) is 30.6 Å². The van der Waals surface area contributed by atoms with E-state index in [0.717, 1.165) is 6.26 Å². The molecule has 14 heteroatoms. The summed E-state index contributed by atoms with van der Waals surface area (Å²) in [6, 6.07) is 6.98. The molecule has 2 N–H and O–H groups in total. The highest BCUT2D eigenvalue weighted by atomic mass is 32.2. The normalized spacial score (nSPS) is 17.7. The van der Waals surface area contributed by atoms with Crippen LogP contribution in [0, 0.1) is 11.8 Å². The fourth-order valence-electron chi connectivity index (χ4n) is 4.41. The second-order valence-corrected chi connectivity index (χ2v) is 11.8. The second-order valence-electron chi connectivity index (χ2n) is 9.79. The van der Waals surface area contributed by atoms with Crippen molar-refractivity contribution in [1.29, 1.82) is 0 Å². The lowest BCUT2D eigenvalue weighted by atomic mass is 10.1. The van der Waals surface area contributed by atoms with Crippen molar-refractivity contribution in [3.05, 3.63) is 53.5 Å². The quantitative estimate of drug-likeness (QED) is 0.383. The number of rotatable bonds is 8. The lowest BCUT2D eigenvalue weighted by molar-refractivity contribution is -0.141. The van der Waals surface area contributed by atoms with E-state index in [4.69, 9.17) is 9.47 Å². The molecule has 1 aliphatic heterocycles. The van der Waals surface area contributed by atoms with Gasteiger partial charge in [0.15, 0.2) is 9.84 Å². The molecule has 2 atom stereocenters. The van der Waals surface area contributed by atoms with Gasteiger partial charge in [-0.1, -0.05) is 12.0 Å². The van der Waals surface area contributed by atoms with Crippen LogP contribution in [0.25, 0.3) is 5.65 Å². The van der Waals surface area contributed by atoms with Crippen molar-refractivity contribution in [3.63, 3.8) is 0 Å². The Bertz CT molecular complexity index is 1610. The van der Waals surface area contributed by atoms with E-state index in [1.165, 1.54) is 35.9 Å². The number of ether oxygens (including phenoxy) is 2. The van der Waals surface area contributed by atoms with Gasteiger partial charge in [-0.2, -0.15) is 13.2 Å². The van der Waals surface area contributed by atoms with Gasteiger partial charge in [-0.3, -0.25) is 4.79 Å². The maximum atomic E-state index is 13.6. The van der Waals surface area contributed by atoms with Crippen LogP contribution >= 0.6 is 0 Å². The number of hydrogen-bond acceptors (Lipinski definition) is 8. The van der Waals surface area contributed by atoms with E-state index in [2.05, 4.69) is 27.5 Å². The fraction of sp³-hybridized carbons (Fsp3) is 0.407. The summed E-state index contributed by atoms with van der Waals surface area (Å²) in [7, 11) is 1.58. The number of likely N-dealkylation sites (N-methyl/N-ethyl adjacent to an activating group) is 1. The summed E-state index contributed by atoms with van der Waals surface area (Å²) >= 11 is 0. The van der Waals surface area contributed by atoms with Gasteiger partial charge in [-0.15, -0.1) is 0 Å². The summed E-state index contributed by atoms with van der Waals surface area (Å²) in [5.41, 5.74) is 1.02. The molecular weight excluding hydrogens is 563 g/mol. The summed E-state index contributed by atoms with van der Waals surface area (Å²) in [6.45, 7) is 0.542. The first-order valence-corrected chi connectivity index (χ1v) is 14.4. The number of carbonyl (C=O) groups is 1. The van der Waals surface area contributed by atoms with E-state index in [1.54, 1.807) is 12.1 Å². The Hall–Kier alpha value is -3.80. The van der Waals surface area contributed by atoms with Gasteiger partial charge in [0.2, 0.25) is 0 Å². The first-order valence-electron chi connectivity index (χ1n) is 12.5. The van der Waals surface area contributed by atoms with Gasteiger partial charge in [0.05, 0.1) is 49.0 Å². The van der Waals surface area contributed by atoms with Crippen LogP contribution in [0.1, 0.15) is 23.0 Å². The van der Waals surface area contributed by atoms with Crippen molar-refractivity contribution >= 4 is 27.1 Å². The smallest absolute Gasteiger partial charge is 0.394 e. The highest BCUT2D eigenvalue weighted by molar-refractivity contribution is 7.90. The Balaban J connectivity index is 1.62. The Morgan fingerprint density at radius 3 is 2.68 bits per heavy atom. The minimum Gasteiger partial charge on any atom is -0.495 e. The van der Waals surface area contributed by atoms with Crippen LogP contribution in [0.2, 0.25) is 0 Å². The SMILES string of the molecule is COc1cc(S(C)(=O)=O)ccc1NCC#Cc1nc2c(C3CO[C@H](CN(C)C)C(=O)N3)cccn2c1CC(F)(F)F. The number of nitrogens with one attached hydrogen (secondary N) is 2. The molecule has 10 nitrogen and oxygen atoms in total. The number of benzene rings is 1. The van der Waals surface area contributed by atoms with Crippen molar-refractivity contribution in [2.45, 2.75) is 29.6 Å². The summed E-state index contributed by atoms with van der Waals surface area (Å²) in [5.74, 6) is 5.48. The second kappa shape index (κ2) is 12.0. The monoisotopic (exact) mass is 593 g/mol. The number of anilines is 1. The molecule has 0 spiro atoms. The molecule has 220 valence electrons. The zero-order valence-electron chi connectivity index (χ0n) is 22.9. The number of aromatic nitrogens is 2. The zero-order chi connectivity index (χ0) is 29.9. The van der Waals surface area contributed by atoms with E-state index in [0.29, 0.717) is 17.8 Å². The van der Waals surface area contributed by atoms with Crippen molar-refractivity contribution in [2.75, 3.05) is 52.5 Å². The van der Waals surface area contributed by atoms with Crippen molar-refractivity contribution in [2.24, 2.45) is 0 Å². The highest BCUT2D eigenvalue weighted by Gasteiger charge is 2.34. The van der Waals surface area contributed by atoms with Crippen molar-refractivity contribution in [1.82, 2.24) is 19.6 Å². The molecule has 1 aliphatic rings. The van der Waals surface area contributed by atoms with Crippen molar-refractivity contribution < 1.29 is 35.9 Å². The average Bonchev–Trinajstić information content (AvgIpc) is 3.22. The number of methoxy groups -OCH3 is 1. The van der Waals surface area contributed by atoms with Gasteiger partial charge in [0.25, 0.3) is 5.91 Å². The van der Waals surface area contributed by atoms with Gasteiger partial charge in [-0.05, 0) is 38.2 Å². The Kier molecular flexibility index (Phi) is 8.81. The standard InChI is InChI=1S/C27H30F3N5O5S/c1-34(2)15-24-26(36)33-21(16-40-24)18-7-6-12-35-22(14-27(28,29)30)19(32-25(18)35)8-5-11-31-20-10-9-17(41(4,37)38)13-23(20)39-3/h6-7,9-10,12-13,21,24,31H,11,14-16H2,1-4H3,(H,33,36)/t21?,24-/m1/s1. The predicted octanol–water partition coefficient (Wildman–Crippen LogP) is 2.43. The predicted molar refractivity (Wildman–Crippen MR) is 146 cm³/mol. The molecule has 4 rings (SSSR count). The van der Waals surface area contributed by atoms with E-state index < -0.39 is 34.6 Å². The summed E-state index contributed by atoms with van der Waals surface area (Å²) < 4.78 is 76.6. The third-order valence-electron chi connectivity index (χ3n) is 6.30. The average molecular weight is 594 g/mol. The van der Waals surface area contributed by atoms with Crippen LogP contribution in [0.15, 0.2) is 41.4 Å². The van der Waals surface area contributed by atoms with Crippen LogP contribution in [0.5, 0.6) is 5.75 Å². The van der Waals surface area contributed by atoms with Crippen LogP contribution < -0.4 is 15.4 Å². The molecule has 1 saturated heterocycles. The first-order chi connectivity index (χ1) is 19.3. The Morgan fingerprint density at radius 2 is 2.05 bits per heavy atom. The van der Waals surface area contributed by atoms with Gasteiger partial charge in [-0.25, -0.2) is 13.4 Å². The van der Waals surface area contributed by atoms with Crippen LogP contribution in [0.3, 0.4) is 0 Å². The number of halogens is 3. The third kappa shape index (κ3) is 7.29. The molecule has 41 heavy (non-hydrogen) atoms. The molecular formula is C27H30F3N5O5S.